The first-order valence-corrected chi connectivity index (χ1v) is 9.08. The van der Waals surface area contributed by atoms with Gasteiger partial charge in [0.05, 0.1) is 26.8 Å². The van der Waals surface area contributed by atoms with Crippen molar-refractivity contribution < 1.29 is 18.6 Å². The maximum absolute atomic E-state index is 13.9. The Morgan fingerprint density at radius 1 is 1.07 bits per heavy atom. The number of rotatable bonds is 8. The highest BCUT2D eigenvalue weighted by Gasteiger charge is 2.12. The van der Waals surface area contributed by atoms with E-state index in [1.54, 1.807) is 20.2 Å². The average Bonchev–Trinajstić information content (AvgIpc) is 2.70. The quantitative estimate of drug-likeness (QED) is 0.534. The molecular formula is C21H28FN3O3. The van der Waals surface area contributed by atoms with Gasteiger partial charge in [0, 0.05) is 13.1 Å². The third kappa shape index (κ3) is 6.04. The number of aliphatic imine (C=N–C) groups is 1. The molecule has 0 bridgehead atoms. The number of nitrogens with one attached hydrogen (secondary N) is 2. The smallest absolute Gasteiger partial charge is 0.191 e. The lowest BCUT2D eigenvalue weighted by Gasteiger charge is -2.21. The summed E-state index contributed by atoms with van der Waals surface area (Å²) in [5.74, 6) is 1.91. The normalized spacial score (nSPS) is 13.4. The van der Waals surface area contributed by atoms with Gasteiger partial charge in [0.1, 0.15) is 17.6 Å². The third-order valence-electron chi connectivity index (χ3n) is 4.19. The first kappa shape index (κ1) is 21.3. The molecule has 7 heteroatoms. The Labute approximate surface area is 165 Å². The molecule has 0 aliphatic rings. The minimum atomic E-state index is -0.392. The van der Waals surface area contributed by atoms with Crippen LogP contribution in [0.1, 0.15) is 25.5 Å². The van der Waals surface area contributed by atoms with E-state index in [-0.39, 0.29) is 17.9 Å². The van der Waals surface area contributed by atoms with E-state index < -0.39 is 5.82 Å². The summed E-state index contributed by atoms with van der Waals surface area (Å²) in [7, 11) is 4.75. The highest BCUT2D eigenvalue weighted by atomic mass is 19.1. The highest BCUT2D eigenvalue weighted by Crippen LogP contribution is 2.22. The zero-order valence-electron chi connectivity index (χ0n) is 17.0. The second-order valence-electron chi connectivity index (χ2n) is 6.32. The SMILES string of the molecule is CN=C(NCC(C)Oc1cccc(OC)c1)NC(C)c1ccc(OC)c(F)c1. The molecule has 28 heavy (non-hydrogen) atoms. The predicted octanol–water partition coefficient (Wildman–Crippen LogP) is 3.54. The zero-order chi connectivity index (χ0) is 20.5. The molecule has 2 unspecified atom stereocenters. The number of methoxy groups -OCH3 is 2. The molecule has 0 aliphatic carbocycles. The Balaban J connectivity index is 1.88. The molecule has 152 valence electrons. The molecule has 0 spiro atoms. The third-order valence-corrected chi connectivity index (χ3v) is 4.19. The lowest BCUT2D eigenvalue weighted by atomic mass is 10.1. The van der Waals surface area contributed by atoms with E-state index in [0.29, 0.717) is 12.5 Å². The lowest BCUT2D eigenvalue weighted by molar-refractivity contribution is 0.223. The number of benzene rings is 2. The number of ether oxygens (including phenoxy) is 3. The summed E-state index contributed by atoms with van der Waals surface area (Å²) in [5, 5.41) is 6.46. The Morgan fingerprint density at radius 3 is 2.46 bits per heavy atom. The van der Waals surface area contributed by atoms with Crippen molar-refractivity contribution in [2.45, 2.75) is 26.0 Å². The van der Waals surface area contributed by atoms with Gasteiger partial charge in [0.25, 0.3) is 0 Å². The molecule has 2 atom stereocenters. The molecule has 2 aromatic carbocycles. The van der Waals surface area contributed by atoms with Crippen molar-refractivity contribution in [1.29, 1.82) is 0 Å². The monoisotopic (exact) mass is 389 g/mol. The van der Waals surface area contributed by atoms with Crippen LogP contribution in [0.4, 0.5) is 4.39 Å². The van der Waals surface area contributed by atoms with Crippen LogP contribution in [0.2, 0.25) is 0 Å². The summed E-state index contributed by atoms with van der Waals surface area (Å²) in [6, 6.07) is 12.2. The highest BCUT2D eigenvalue weighted by molar-refractivity contribution is 5.80. The molecule has 0 saturated carbocycles. The van der Waals surface area contributed by atoms with E-state index in [2.05, 4.69) is 15.6 Å². The van der Waals surface area contributed by atoms with E-state index in [9.17, 15) is 4.39 Å². The van der Waals surface area contributed by atoms with Gasteiger partial charge in [-0.05, 0) is 43.7 Å². The second kappa shape index (κ2) is 10.4. The summed E-state index contributed by atoms with van der Waals surface area (Å²) in [6.07, 6.45) is -0.0978. The summed E-state index contributed by atoms with van der Waals surface area (Å²) in [5.41, 5.74) is 0.793. The van der Waals surface area contributed by atoms with E-state index in [4.69, 9.17) is 14.2 Å². The Morgan fingerprint density at radius 2 is 1.82 bits per heavy atom. The van der Waals surface area contributed by atoms with Gasteiger partial charge in [-0.3, -0.25) is 4.99 Å². The van der Waals surface area contributed by atoms with Crippen LogP contribution in [-0.4, -0.2) is 39.9 Å². The molecule has 2 rings (SSSR count). The number of hydrogen-bond acceptors (Lipinski definition) is 4. The van der Waals surface area contributed by atoms with Gasteiger partial charge in [-0.1, -0.05) is 12.1 Å². The Hall–Kier alpha value is -2.96. The van der Waals surface area contributed by atoms with E-state index in [1.165, 1.54) is 13.2 Å². The molecule has 0 aromatic heterocycles. The van der Waals surface area contributed by atoms with Crippen molar-refractivity contribution >= 4 is 5.96 Å². The first-order chi connectivity index (χ1) is 13.5. The molecule has 0 saturated heterocycles. The molecule has 2 aromatic rings. The Bertz CT molecular complexity index is 798. The fraction of sp³-hybridized carbons (Fsp3) is 0.381. The van der Waals surface area contributed by atoms with Gasteiger partial charge in [-0.2, -0.15) is 0 Å². The van der Waals surface area contributed by atoms with Crippen molar-refractivity contribution in [3.05, 3.63) is 53.8 Å². The molecule has 0 heterocycles. The van der Waals surface area contributed by atoms with Crippen molar-refractivity contribution in [3.63, 3.8) is 0 Å². The molecule has 0 fully saturated rings. The lowest BCUT2D eigenvalue weighted by Crippen LogP contribution is -2.42. The molecule has 6 nitrogen and oxygen atoms in total. The van der Waals surface area contributed by atoms with Crippen LogP contribution in [0.15, 0.2) is 47.5 Å². The van der Waals surface area contributed by atoms with Gasteiger partial charge in [0.15, 0.2) is 17.5 Å². The van der Waals surface area contributed by atoms with Gasteiger partial charge in [0.2, 0.25) is 0 Å². The molecule has 0 amide bonds. The summed E-state index contributed by atoms with van der Waals surface area (Å²) in [6.45, 7) is 4.44. The molecule has 0 aliphatic heterocycles. The molecule has 2 N–H and O–H groups in total. The fourth-order valence-electron chi connectivity index (χ4n) is 2.62. The number of hydrogen-bond donors (Lipinski definition) is 2. The largest absolute Gasteiger partial charge is 0.497 e. The van der Waals surface area contributed by atoms with E-state index in [0.717, 1.165) is 17.1 Å². The fourth-order valence-corrected chi connectivity index (χ4v) is 2.62. The number of guanidine groups is 1. The minimum absolute atomic E-state index is 0.0978. The molecular weight excluding hydrogens is 361 g/mol. The second-order valence-corrected chi connectivity index (χ2v) is 6.32. The van der Waals surface area contributed by atoms with E-state index >= 15 is 0 Å². The predicted molar refractivity (Wildman–Crippen MR) is 109 cm³/mol. The Kier molecular flexibility index (Phi) is 7.92. The minimum Gasteiger partial charge on any atom is -0.497 e. The van der Waals surface area contributed by atoms with Crippen molar-refractivity contribution in [2.24, 2.45) is 4.99 Å². The topological polar surface area (TPSA) is 64.1 Å². The van der Waals surface area contributed by atoms with Gasteiger partial charge < -0.3 is 24.8 Å². The summed E-state index contributed by atoms with van der Waals surface area (Å²) < 4.78 is 30.0. The number of nitrogens with zero attached hydrogens (tertiary/aromatic N) is 1. The maximum atomic E-state index is 13.9. The van der Waals surface area contributed by atoms with Crippen LogP contribution < -0.4 is 24.8 Å². The summed E-state index contributed by atoms with van der Waals surface area (Å²) in [4.78, 5) is 4.22. The van der Waals surface area contributed by atoms with Crippen LogP contribution in [-0.2, 0) is 0 Å². The standard InChI is InChI=1S/C21H28FN3O3/c1-14(28-18-8-6-7-17(12-18)26-4)13-24-21(23-3)25-15(2)16-9-10-20(27-5)19(22)11-16/h6-12,14-15H,13H2,1-5H3,(H2,23,24,25). The van der Waals surface area contributed by atoms with Crippen molar-refractivity contribution in [2.75, 3.05) is 27.8 Å². The van der Waals surface area contributed by atoms with E-state index in [1.807, 2.05) is 44.2 Å². The molecule has 0 radical (unpaired) electrons. The van der Waals surface area contributed by atoms with Crippen molar-refractivity contribution in [3.8, 4) is 17.2 Å². The zero-order valence-corrected chi connectivity index (χ0v) is 17.0. The van der Waals surface area contributed by atoms with Crippen LogP contribution in [0.3, 0.4) is 0 Å². The average molecular weight is 389 g/mol. The summed E-state index contributed by atoms with van der Waals surface area (Å²) >= 11 is 0. The van der Waals surface area contributed by atoms with Gasteiger partial charge in [-0.15, -0.1) is 0 Å². The van der Waals surface area contributed by atoms with Crippen LogP contribution in [0.5, 0.6) is 17.2 Å². The van der Waals surface area contributed by atoms with Gasteiger partial charge >= 0.3 is 0 Å². The van der Waals surface area contributed by atoms with Crippen LogP contribution >= 0.6 is 0 Å². The van der Waals surface area contributed by atoms with Gasteiger partial charge in [-0.25, -0.2) is 4.39 Å². The van der Waals surface area contributed by atoms with Crippen LogP contribution in [0, 0.1) is 5.82 Å². The number of halogens is 1. The van der Waals surface area contributed by atoms with Crippen LogP contribution in [0.25, 0.3) is 0 Å². The first-order valence-electron chi connectivity index (χ1n) is 9.08. The van der Waals surface area contributed by atoms with Crippen molar-refractivity contribution in [1.82, 2.24) is 10.6 Å². The maximum Gasteiger partial charge on any atom is 0.191 e.